The molecule has 0 radical (unpaired) electrons. The van der Waals surface area contributed by atoms with Crippen LogP contribution in [0.3, 0.4) is 0 Å². The largest absolute Gasteiger partial charge is 0.327 e. The highest BCUT2D eigenvalue weighted by molar-refractivity contribution is 5.93. The first kappa shape index (κ1) is 13.7. The molecule has 1 aromatic rings. The van der Waals surface area contributed by atoms with Gasteiger partial charge in [0, 0.05) is 25.2 Å². The van der Waals surface area contributed by atoms with Crippen LogP contribution < -0.4 is 10.6 Å². The van der Waals surface area contributed by atoms with E-state index in [2.05, 4.69) is 19.1 Å². The second-order valence-electron chi connectivity index (χ2n) is 4.55. The monoisotopic (exact) mass is 234 g/mol. The molecular weight excluding hydrogens is 212 g/mol. The van der Waals surface area contributed by atoms with E-state index in [0.717, 1.165) is 18.5 Å². The molecule has 0 heterocycles. The van der Waals surface area contributed by atoms with Crippen molar-refractivity contribution < 1.29 is 4.79 Å². The summed E-state index contributed by atoms with van der Waals surface area (Å²) in [6.45, 7) is 4.00. The van der Waals surface area contributed by atoms with E-state index in [1.807, 2.05) is 19.1 Å². The van der Waals surface area contributed by atoms with Crippen LogP contribution in [0, 0.1) is 0 Å². The number of benzene rings is 1. The molecule has 1 amide bonds. The highest BCUT2D eigenvalue weighted by Gasteiger charge is 2.12. The normalized spacial score (nSPS) is 12.2. The van der Waals surface area contributed by atoms with Gasteiger partial charge in [-0.1, -0.05) is 25.5 Å². The molecule has 2 N–H and O–H groups in total. The standard InChI is InChI=1S/C14H22N2O/c1-4-5-12-6-8-13(9-7-12)16(3)14(17)10-11(2)15/h6-9,11H,4-5,10,15H2,1-3H3. The number of nitrogens with zero attached hydrogens (tertiary/aromatic N) is 1. The van der Waals surface area contributed by atoms with Gasteiger partial charge in [0.2, 0.25) is 5.91 Å². The van der Waals surface area contributed by atoms with Gasteiger partial charge in [0.15, 0.2) is 0 Å². The van der Waals surface area contributed by atoms with Gasteiger partial charge in [-0.2, -0.15) is 0 Å². The van der Waals surface area contributed by atoms with Gasteiger partial charge in [-0.15, -0.1) is 0 Å². The van der Waals surface area contributed by atoms with E-state index in [4.69, 9.17) is 5.73 Å². The average Bonchev–Trinajstić information content (AvgIpc) is 2.28. The van der Waals surface area contributed by atoms with Crippen molar-refractivity contribution in [3.8, 4) is 0 Å². The van der Waals surface area contributed by atoms with Crippen LogP contribution in [-0.2, 0) is 11.2 Å². The number of anilines is 1. The molecule has 0 aliphatic rings. The Morgan fingerprint density at radius 3 is 2.41 bits per heavy atom. The second-order valence-corrected chi connectivity index (χ2v) is 4.55. The van der Waals surface area contributed by atoms with E-state index in [1.165, 1.54) is 5.56 Å². The molecule has 1 aromatic carbocycles. The van der Waals surface area contributed by atoms with E-state index < -0.39 is 0 Å². The molecule has 3 nitrogen and oxygen atoms in total. The third-order valence-electron chi connectivity index (χ3n) is 2.73. The number of hydrogen-bond acceptors (Lipinski definition) is 2. The molecule has 94 valence electrons. The van der Waals surface area contributed by atoms with Crippen molar-refractivity contribution in [1.29, 1.82) is 0 Å². The quantitative estimate of drug-likeness (QED) is 0.850. The minimum absolute atomic E-state index is 0.0586. The van der Waals surface area contributed by atoms with Crippen molar-refractivity contribution in [2.45, 2.75) is 39.2 Å². The maximum absolute atomic E-state index is 11.8. The maximum Gasteiger partial charge on any atom is 0.228 e. The fourth-order valence-corrected chi connectivity index (χ4v) is 1.73. The van der Waals surface area contributed by atoms with Crippen LogP contribution in [0.5, 0.6) is 0 Å². The van der Waals surface area contributed by atoms with E-state index >= 15 is 0 Å². The molecule has 0 aliphatic heterocycles. The van der Waals surface area contributed by atoms with Gasteiger partial charge in [-0.25, -0.2) is 0 Å². The molecule has 0 fully saturated rings. The summed E-state index contributed by atoms with van der Waals surface area (Å²) in [5.41, 5.74) is 7.86. The third-order valence-corrected chi connectivity index (χ3v) is 2.73. The molecular formula is C14H22N2O. The van der Waals surface area contributed by atoms with Crippen LogP contribution in [-0.4, -0.2) is 19.0 Å². The van der Waals surface area contributed by atoms with Crippen LogP contribution in [0.25, 0.3) is 0 Å². The van der Waals surface area contributed by atoms with Gasteiger partial charge < -0.3 is 10.6 Å². The number of amides is 1. The zero-order valence-corrected chi connectivity index (χ0v) is 10.9. The Bertz CT molecular complexity index is 357. The van der Waals surface area contributed by atoms with Crippen molar-refractivity contribution >= 4 is 11.6 Å². The summed E-state index contributed by atoms with van der Waals surface area (Å²) in [7, 11) is 1.79. The Hall–Kier alpha value is -1.35. The molecule has 0 aliphatic carbocycles. The van der Waals surface area contributed by atoms with Crippen LogP contribution in [0.4, 0.5) is 5.69 Å². The minimum Gasteiger partial charge on any atom is -0.327 e. The zero-order valence-electron chi connectivity index (χ0n) is 10.9. The van der Waals surface area contributed by atoms with E-state index in [9.17, 15) is 4.79 Å². The van der Waals surface area contributed by atoms with Gasteiger partial charge in [0.25, 0.3) is 0 Å². The summed E-state index contributed by atoms with van der Waals surface area (Å²) in [6.07, 6.45) is 2.60. The lowest BCUT2D eigenvalue weighted by Gasteiger charge is -2.18. The van der Waals surface area contributed by atoms with Crippen molar-refractivity contribution in [1.82, 2.24) is 0 Å². The lowest BCUT2D eigenvalue weighted by atomic mass is 10.1. The first-order chi connectivity index (χ1) is 8.04. The number of nitrogens with two attached hydrogens (primary N) is 1. The van der Waals surface area contributed by atoms with Crippen molar-refractivity contribution in [3.63, 3.8) is 0 Å². The van der Waals surface area contributed by atoms with Crippen LogP contribution >= 0.6 is 0 Å². The molecule has 0 saturated heterocycles. The van der Waals surface area contributed by atoms with Gasteiger partial charge in [0.1, 0.15) is 0 Å². The summed E-state index contributed by atoms with van der Waals surface area (Å²) in [5.74, 6) is 0.0586. The fraction of sp³-hybridized carbons (Fsp3) is 0.500. The Balaban J connectivity index is 2.68. The van der Waals surface area contributed by atoms with Crippen LogP contribution in [0.1, 0.15) is 32.3 Å². The summed E-state index contributed by atoms with van der Waals surface area (Å²) in [5, 5.41) is 0. The van der Waals surface area contributed by atoms with Gasteiger partial charge in [-0.05, 0) is 31.0 Å². The molecule has 0 aromatic heterocycles. The number of carbonyl (C=O) groups is 1. The van der Waals surface area contributed by atoms with Crippen LogP contribution in [0.15, 0.2) is 24.3 Å². The highest BCUT2D eigenvalue weighted by Crippen LogP contribution is 2.15. The summed E-state index contributed by atoms with van der Waals surface area (Å²) < 4.78 is 0. The first-order valence-corrected chi connectivity index (χ1v) is 6.15. The first-order valence-electron chi connectivity index (χ1n) is 6.15. The van der Waals surface area contributed by atoms with Crippen LogP contribution in [0.2, 0.25) is 0 Å². The molecule has 0 saturated carbocycles. The van der Waals surface area contributed by atoms with Crippen molar-refractivity contribution in [2.75, 3.05) is 11.9 Å². The summed E-state index contributed by atoms with van der Waals surface area (Å²) in [4.78, 5) is 13.5. The predicted octanol–water partition coefficient (Wildman–Crippen LogP) is 2.34. The number of rotatable bonds is 5. The Morgan fingerprint density at radius 1 is 1.35 bits per heavy atom. The number of aryl methyl sites for hydroxylation is 1. The van der Waals surface area contributed by atoms with E-state index in [-0.39, 0.29) is 11.9 Å². The molecule has 1 unspecified atom stereocenters. The Labute approximate surface area is 104 Å². The van der Waals surface area contributed by atoms with Gasteiger partial charge in [0.05, 0.1) is 0 Å². The summed E-state index contributed by atoms with van der Waals surface area (Å²) in [6, 6.07) is 8.04. The van der Waals surface area contributed by atoms with E-state index in [0.29, 0.717) is 6.42 Å². The topological polar surface area (TPSA) is 46.3 Å². The fourth-order valence-electron chi connectivity index (χ4n) is 1.73. The summed E-state index contributed by atoms with van der Waals surface area (Å²) >= 11 is 0. The van der Waals surface area contributed by atoms with Crippen molar-refractivity contribution in [3.05, 3.63) is 29.8 Å². The SMILES string of the molecule is CCCc1ccc(N(C)C(=O)CC(C)N)cc1. The maximum atomic E-state index is 11.8. The number of carbonyl (C=O) groups excluding carboxylic acids is 1. The Kier molecular flexibility index (Phi) is 5.16. The van der Waals surface area contributed by atoms with Gasteiger partial charge >= 0.3 is 0 Å². The highest BCUT2D eigenvalue weighted by atomic mass is 16.2. The minimum atomic E-state index is -0.0932. The second kappa shape index (κ2) is 6.40. The molecule has 17 heavy (non-hydrogen) atoms. The molecule has 0 bridgehead atoms. The molecule has 1 rings (SSSR count). The third kappa shape index (κ3) is 4.19. The molecule has 3 heteroatoms. The zero-order chi connectivity index (χ0) is 12.8. The molecule has 1 atom stereocenters. The lowest BCUT2D eigenvalue weighted by molar-refractivity contribution is -0.118. The Morgan fingerprint density at radius 2 is 1.94 bits per heavy atom. The molecule has 0 spiro atoms. The number of hydrogen-bond donors (Lipinski definition) is 1. The predicted molar refractivity (Wildman–Crippen MR) is 72.1 cm³/mol. The van der Waals surface area contributed by atoms with E-state index in [1.54, 1.807) is 11.9 Å². The average molecular weight is 234 g/mol. The lowest BCUT2D eigenvalue weighted by Crippen LogP contribution is -2.31. The smallest absolute Gasteiger partial charge is 0.228 e. The van der Waals surface area contributed by atoms with Gasteiger partial charge in [-0.3, -0.25) is 4.79 Å². The van der Waals surface area contributed by atoms with Crippen molar-refractivity contribution in [2.24, 2.45) is 5.73 Å².